The van der Waals surface area contributed by atoms with Gasteiger partial charge < -0.3 is 4.42 Å². The van der Waals surface area contributed by atoms with Crippen LogP contribution in [-0.4, -0.2) is 20.5 Å². The van der Waals surface area contributed by atoms with Gasteiger partial charge in [-0.2, -0.15) is 0 Å². The Morgan fingerprint density at radius 1 is 1.21 bits per heavy atom. The zero-order valence-electron chi connectivity index (χ0n) is 10.8. The van der Waals surface area contributed by atoms with Gasteiger partial charge in [-0.1, -0.05) is 17.0 Å². The Bertz CT molecular complexity index is 674. The van der Waals surface area contributed by atoms with Gasteiger partial charge in [0.15, 0.2) is 5.89 Å². The number of oxazole rings is 1. The molecule has 102 valence electrons. The smallest absolute Gasteiger partial charge is 0.262 e. The van der Waals surface area contributed by atoms with Gasteiger partial charge in [0.1, 0.15) is 11.5 Å². The van der Waals surface area contributed by atoms with E-state index >= 15 is 0 Å². The van der Waals surface area contributed by atoms with Crippen molar-refractivity contribution in [3.05, 3.63) is 35.9 Å². The highest BCUT2D eigenvalue weighted by atomic mass is 32.2. The predicted molar refractivity (Wildman–Crippen MR) is 68.7 cm³/mol. The lowest BCUT2D eigenvalue weighted by atomic mass is 10.1. The Hall–Kier alpha value is -1.70. The maximum absolute atomic E-state index is 11.7. The first-order valence-electron chi connectivity index (χ1n) is 5.53. The first-order chi connectivity index (χ1) is 8.94. The normalized spacial score (nSPS) is 11.7. The molecule has 0 atom stereocenters. The summed E-state index contributed by atoms with van der Waals surface area (Å²) in [6, 6.07) is 6.32. The van der Waals surface area contributed by atoms with Crippen molar-refractivity contribution in [2.24, 2.45) is 0 Å². The first kappa shape index (κ1) is 13.7. The number of hydrogen-bond acceptors (Lipinski definition) is 5. The van der Waals surface area contributed by atoms with E-state index in [1.807, 2.05) is 11.8 Å². The quantitative estimate of drug-likeness (QED) is 0.865. The molecule has 1 N–H and O–H groups in total. The van der Waals surface area contributed by atoms with E-state index in [1.54, 1.807) is 19.1 Å². The van der Waals surface area contributed by atoms with Crippen LogP contribution in [0.3, 0.4) is 0 Å². The SMILES string of the molecule is CONS(=O)(=O)c1ccc(-c2nc(C)oc2C)cc1. The van der Waals surface area contributed by atoms with Crippen molar-refractivity contribution < 1.29 is 17.7 Å². The Balaban J connectivity index is 2.36. The molecule has 0 spiro atoms. The van der Waals surface area contributed by atoms with Crippen molar-refractivity contribution in [3.63, 3.8) is 0 Å². The minimum Gasteiger partial charge on any atom is -0.446 e. The summed E-state index contributed by atoms with van der Waals surface area (Å²) in [5, 5.41) is 0. The van der Waals surface area contributed by atoms with Crippen molar-refractivity contribution in [2.45, 2.75) is 18.7 Å². The second-order valence-corrected chi connectivity index (χ2v) is 5.60. The number of nitrogens with one attached hydrogen (secondary N) is 1. The maximum Gasteiger partial charge on any atom is 0.262 e. The minimum absolute atomic E-state index is 0.121. The summed E-state index contributed by atoms with van der Waals surface area (Å²) in [6.07, 6.45) is 0. The Labute approximate surface area is 111 Å². The topological polar surface area (TPSA) is 81.4 Å². The van der Waals surface area contributed by atoms with Crippen molar-refractivity contribution in [1.82, 2.24) is 9.87 Å². The zero-order chi connectivity index (χ0) is 14.0. The van der Waals surface area contributed by atoms with Gasteiger partial charge in [0.25, 0.3) is 10.0 Å². The van der Waals surface area contributed by atoms with Crippen molar-refractivity contribution >= 4 is 10.0 Å². The molecule has 19 heavy (non-hydrogen) atoms. The molecule has 0 aliphatic heterocycles. The number of rotatable bonds is 4. The summed E-state index contributed by atoms with van der Waals surface area (Å²) in [4.78, 5) is 10.8. The predicted octanol–water partition coefficient (Wildman–Crippen LogP) is 1.80. The van der Waals surface area contributed by atoms with Crippen LogP contribution in [0.15, 0.2) is 33.6 Å². The Morgan fingerprint density at radius 3 is 2.32 bits per heavy atom. The van der Waals surface area contributed by atoms with Crippen LogP contribution >= 0.6 is 0 Å². The van der Waals surface area contributed by atoms with Gasteiger partial charge in [-0.05, 0) is 19.1 Å². The van der Waals surface area contributed by atoms with Crippen LogP contribution < -0.4 is 4.89 Å². The minimum atomic E-state index is -3.63. The monoisotopic (exact) mass is 282 g/mol. The Morgan fingerprint density at radius 2 is 1.84 bits per heavy atom. The van der Waals surface area contributed by atoms with E-state index in [-0.39, 0.29) is 4.90 Å². The molecule has 0 aliphatic rings. The van der Waals surface area contributed by atoms with E-state index in [0.717, 1.165) is 5.56 Å². The lowest BCUT2D eigenvalue weighted by Crippen LogP contribution is -2.22. The van der Waals surface area contributed by atoms with E-state index in [9.17, 15) is 8.42 Å². The number of sulfonamides is 1. The lowest BCUT2D eigenvalue weighted by Gasteiger charge is -2.04. The molecule has 0 bridgehead atoms. The standard InChI is InChI=1S/C12H14N2O4S/c1-8-12(13-9(2)18-8)10-4-6-11(7-5-10)19(15,16)14-17-3/h4-7,14H,1-3H3. The highest BCUT2D eigenvalue weighted by molar-refractivity contribution is 7.89. The van der Waals surface area contributed by atoms with Crippen LogP contribution in [-0.2, 0) is 14.9 Å². The average Bonchev–Trinajstić information content (AvgIpc) is 2.68. The number of benzene rings is 1. The molecule has 6 nitrogen and oxygen atoms in total. The van der Waals surface area contributed by atoms with Crippen molar-refractivity contribution in [3.8, 4) is 11.3 Å². The van der Waals surface area contributed by atoms with Gasteiger partial charge in [-0.3, -0.25) is 4.84 Å². The second kappa shape index (κ2) is 5.12. The largest absolute Gasteiger partial charge is 0.446 e. The molecule has 0 aliphatic carbocycles. The molecule has 0 saturated heterocycles. The van der Waals surface area contributed by atoms with Gasteiger partial charge in [-0.25, -0.2) is 13.4 Å². The van der Waals surface area contributed by atoms with Gasteiger partial charge in [0, 0.05) is 12.5 Å². The summed E-state index contributed by atoms with van der Waals surface area (Å²) < 4.78 is 28.7. The van der Waals surface area contributed by atoms with E-state index < -0.39 is 10.0 Å². The summed E-state index contributed by atoms with van der Waals surface area (Å²) >= 11 is 0. The van der Waals surface area contributed by atoms with Crippen molar-refractivity contribution in [2.75, 3.05) is 7.11 Å². The molecule has 0 radical (unpaired) electrons. The van der Waals surface area contributed by atoms with Crippen LogP contribution in [0.4, 0.5) is 0 Å². The third-order valence-corrected chi connectivity index (χ3v) is 3.81. The third-order valence-electron chi connectivity index (χ3n) is 2.53. The fraction of sp³-hybridized carbons (Fsp3) is 0.250. The molecule has 1 aromatic heterocycles. The van der Waals surface area contributed by atoms with Crippen LogP contribution in [0.5, 0.6) is 0 Å². The molecule has 2 rings (SSSR count). The van der Waals surface area contributed by atoms with Gasteiger partial charge in [0.2, 0.25) is 0 Å². The van der Waals surface area contributed by atoms with Gasteiger partial charge in [-0.15, -0.1) is 0 Å². The van der Waals surface area contributed by atoms with Crippen LogP contribution in [0.1, 0.15) is 11.7 Å². The fourth-order valence-corrected chi connectivity index (χ4v) is 2.56. The number of aromatic nitrogens is 1. The van der Waals surface area contributed by atoms with E-state index in [4.69, 9.17) is 4.42 Å². The van der Waals surface area contributed by atoms with Crippen LogP contribution in [0.2, 0.25) is 0 Å². The molecular weight excluding hydrogens is 268 g/mol. The van der Waals surface area contributed by atoms with E-state index in [0.29, 0.717) is 17.3 Å². The molecule has 2 aromatic rings. The number of nitrogens with zero attached hydrogens (tertiary/aromatic N) is 1. The molecule has 7 heteroatoms. The third kappa shape index (κ3) is 2.83. The average molecular weight is 282 g/mol. The maximum atomic E-state index is 11.7. The van der Waals surface area contributed by atoms with Crippen molar-refractivity contribution in [1.29, 1.82) is 0 Å². The molecule has 0 fully saturated rings. The van der Waals surface area contributed by atoms with Gasteiger partial charge in [0.05, 0.1) is 12.0 Å². The summed E-state index contributed by atoms with van der Waals surface area (Å²) in [5.74, 6) is 1.27. The highest BCUT2D eigenvalue weighted by Crippen LogP contribution is 2.24. The fourth-order valence-electron chi connectivity index (χ4n) is 1.75. The number of hydrogen-bond donors (Lipinski definition) is 1. The van der Waals surface area contributed by atoms with Gasteiger partial charge >= 0.3 is 0 Å². The summed E-state index contributed by atoms with van der Waals surface area (Å²) in [5.41, 5.74) is 1.51. The zero-order valence-corrected chi connectivity index (χ0v) is 11.6. The van der Waals surface area contributed by atoms with E-state index in [2.05, 4.69) is 9.82 Å². The second-order valence-electron chi connectivity index (χ2n) is 3.95. The lowest BCUT2D eigenvalue weighted by molar-refractivity contribution is 0.153. The summed E-state index contributed by atoms with van der Waals surface area (Å²) in [6.45, 7) is 3.57. The molecule has 1 aromatic carbocycles. The molecular formula is C12H14N2O4S. The highest BCUT2D eigenvalue weighted by Gasteiger charge is 2.15. The van der Waals surface area contributed by atoms with Crippen LogP contribution in [0, 0.1) is 13.8 Å². The van der Waals surface area contributed by atoms with Crippen LogP contribution in [0.25, 0.3) is 11.3 Å². The molecule has 0 amide bonds. The Kier molecular flexibility index (Phi) is 3.70. The first-order valence-corrected chi connectivity index (χ1v) is 7.01. The molecule has 0 unspecified atom stereocenters. The number of aryl methyl sites for hydroxylation is 2. The molecule has 1 heterocycles. The molecule has 0 saturated carbocycles. The van der Waals surface area contributed by atoms with E-state index in [1.165, 1.54) is 19.2 Å². The summed E-state index contributed by atoms with van der Waals surface area (Å²) in [7, 11) is -2.39.